The van der Waals surface area contributed by atoms with Gasteiger partial charge in [0.2, 0.25) is 0 Å². The van der Waals surface area contributed by atoms with E-state index in [2.05, 4.69) is 19.6 Å². The van der Waals surface area contributed by atoms with Crippen LogP contribution in [0.15, 0.2) is 84.9 Å². The van der Waals surface area contributed by atoms with Crippen molar-refractivity contribution in [3.8, 4) is 5.75 Å². The Bertz CT molecular complexity index is 1140. The lowest BCUT2D eigenvalue weighted by Crippen LogP contribution is -2.61. The van der Waals surface area contributed by atoms with Gasteiger partial charge in [0.1, 0.15) is 30.2 Å². The maximum absolute atomic E-state index is 11.5. The highest BCUT2D eigenvalue weighted by molar-refractivity contribution is 6.76. The second-order valence-electron chi connectivity index (χ2n) is 11.6. The molecule has 0 amide bonds. The van der Waals surface area contributed by atoms with Crippen molar-refractivity contribution in [2.45, 2.75) is 76.2 Å². The van der Waals surface area contributed by atoms with Gasteiger partial charge in [-0.3, -0.25) is 0 Å². The molecule has 8 heteroatoms. The summed E-state index contributed by atoms with van der Waals surface area (Å²) in [5, 5.41) is 11.5. The van der Waals surface area contributed by atoms with Gasteiger partial charge in [-0.2, -0.15) is 0 Å². The zero-order valence-corrected chi connectivity index (χ0v) is 25.6. The van der Waals surface area contributed by atoms with Crippen LogP contribution in [0, 0.1) is 0 Å². The van der Waals surface area contributed by atoms with Crippen LogP contribution < -0.4 is 4.74 Å². The van der Waals surface area contributed by atoms with Gasteiger partial charge in [0.05, 0.1) is 33.5 Å². The van der Waals surface area contributed by atoms with Crippen molar-refractivity contribution in [3.05, 3.63) is 102 Å². The molecule has 1 aliphatic rings. The molecule has 1 saturated heterocycles. The Morgan fingerprint density at radius 3 is 1.85 bits per heavy atom. The number of aliphatic hydroxyl groups is 1. The molecule has 3 aromatic rings. The van der Waals surface area contributed by atoms with Crippen LogP contribution in [0.1, 0.15) is 16.7 Å². The normalized spacial score (nSPS) is 22.9. The van der Waals surface area contributed by atoms with Gasteiger partial charge in [-0.05, 0) is 34.9 Å². The van der Waals surface area contributed by atoms with E-state index in [0.717, 1.165) is 28.5 Å². The SMILES string of the molecule is COc1ccc(CO[C@H]2[C@@H](O)[C@@H](COCc3ccccc3)O[C@@H](OCC[Si](C)(C)C)[C@@H]2OCc2ccccc2)cc1. The van der Waals surface area contributed by atoms with Crippen molar-refractivity contribution in [2.75, 3.05) is 20.3 Å². The third-order valence-electron chi connectivity index (χ3n) is 7.03. The van der Waals surface area contributed by atoms with Crippen LogP contribution in [0.5, 0.6) is 5.75 Å². The number of benzene rings is 3. The van der Waals surface area contributed by atoms with E-state index in [9.17, 15) is 5.11 Å². The first-order valence-corrected chi connectivity index (χ1v) is 18.0. The molecule has 0 spiro atoms. The van der Waals surface area contributed by atoms with Gasteiger partial charge in [-0.15, -0.1) is 0 Å². The molecule has 1 fully saturated rings. The molecule has 222 valence electrons. The largest absolute Gasteiger partial charge is 0.497 e. The number of aliphatic hydroxyl groups excluding tert-OH is 1. The molecular formula is C33H44O7Si. The average Bonchev–Trinajstić information content (AvgIpc) is 2.97. The third kappa shape index (κ3) is 10.0. The van der Waals surface area contributed by atoms with Crippen LogP contribution in [-0.2, 0) is 43.5 Å². The summed E-state index contributed by atoms with van der Waals surface area (Å²) in [5.74, 6) is 0.774. The van der Waals surface area contributed by atoms with Crippen molar-refractivity contribution < 1.29 is 33.5 Å². The zero-order valence-electron chi connectivity index (χ0n) is 24.6. The molecule has 41 heavy (non-hydrogen) atoms. The van der Waals surface area contributed by atoms with E-state index >= 15 is 0 Å². The Morgan fingerprint density at radius 2 is 1.27 bits per heavy atom. The van der Waals surface area contributed by atoms with E-state index < -0.39 is 38.8 Å². The number of hydrogen-bond donors (Lipinski definition) is 1. The van der Waals surface area contributed by atoms with Crippen molar-refractivity contribution in [3.63, 3.8) is 0 Å². The predicted molar refractivity (Wildman–Crippen MR) is 161 cm³/mol. The molecule has 1 aliphatic heterocycles. The van der Waals surface area contributed by atoms with Gasteiger partial charge < -0.3 is 33.5 Å². The lowest BCUT2D eigenvalue weighted by atomic mass is 9.98. The van der Waals surface area contributed by atoms with E-state index in [4.69, 9.17) is 28.4 Å². The van der Waals surface area contributed by atoms with Crippen LogP contribution in [-0.4, -0.2) is 64.2 Å². The molecule has 4 rings (SSSR count). The Balaban J connectivity index is 1.51. The number of rotatable bonds is 15. The zero-order chi connectivity index (χ0) is 29.1. The summed E-state index contributed by atoms with van der Waals surface area (Å²) >= 11 is 0. The molecule has 0 saturated carbocycles. The van der Waals surface area contributed by atoms with Gasteiger partial charge in [0.25, 0.3) is 0 Å². The molecule has 5 atom stereocenters. The summed E-state index contributed by atoms with van der Waals surface area (Å²) in [7, 11) is 0.295. The Labute approximate surface area is 245 Å². The van der Waals surface area contributed by atoms with E-state index in [1.807, 2.05) is 84.9 Å². The Morgan fingerprint density at radius 1 is 0.707 bits per heavy atom. The van der Waals surface area contributed by atoms with Crippen LogP contribution in [0.25, 0.3) is 0 Å². The van der Waals surface area contributed by atoms with Crippen LogP contribution in [0.2, 0.25) is 25.7 Å². The fourth-order valence-electron chi connectivity index (χ4n) is 4.56. The maximum atomic E-state index is 11.5. The number of ether oxygens (including phenoxy) is 6. The molecule has 3 aromatic carbocycles. The summed E-state index contributed by atoms with van der Waals surface area (Å²) in [6, 6.07) is 28.6. The van der Waals surface area contributed by atoms with Crippen molar-refractivity contribution in [1.29, 1.82) is 0 Å². The second-order valence-corrected chi connectivity index (χ2v) is 17.2. The quantitative estimate of drug-likeness (QED) is 0.227. The minimum absolute atomic E-state index is 0.192. The van der Waals surface area contributed by atoms with Crippen LogP contribution in [0.4, 0.5) is 0 Å². The topological polar surface area (TPSA) is 75.6 Å². The van der Waals surface area contributed by atoms with Crippen molar-refractivity contribution in [1.82, 2.24) is 0 Å². The van der Waals surface area contributed by atoms with Crippen LogP contribution >= 0.6 is 0 Å². The molecule has 0 aliphatic carbocycles. The molecule has 0 radical (unpaired) electrons. The molecule has 7 nitrogen and oxygen atoms in total. The highest BCUT2D eigenvalue weighted by Crippen LogP contribution is 2.30. The lowest BCUT2D eigenvalue weighted by molar-refractivity contribution is -0.320. The van der Waals surface area contributed by atoms with Crippen molar-refractivity contribution >= 4 is 8.07 Å². The van der Waals surface area contributed by atoms with Gasteiger partial charge in [-0.25, -0.2) is 0 Å². The maximum Gasteiger partial charge on any atom is 0.186 e. The fraction of sp³-hybridized carbons (Fsp3) is 0.455. The summed E-state index contributed by atoms with van der Waals surface area (Å²) in [4.78, 5) is 0. The van der Waals surface area contributed by atoms with Gasteiger partial charge in [-0.1, -0.05) is 92.4 Å². The summed E-state index contributed by atoms with van der Waals surface area (Å²) in [5.41, 5.74) is 3.03. The summed E-state index contributed by atoms with van der Waals surface area (Å²) < 4.78 is 36.8. The number of hydrogen-bond acceptors (Lipinski definition) is 7. The molecule has 1 N–H and O–H groups in total. The van der Waals surface area contributed by atoms with E-state index in [1.165, 1.54) is 0 Å². The van der Waals surface area contributed by atoms with Gasteiger partial charge in [0, 0.05) is 14.7 Å². The number of methoxy groups -OCH3 is 1. The third-order valence-corrected chi connectivity index (χ3v) is 8.74. The summed E-state index contributed by atoms with van der Waals surface area (Å²) in [6.45, 7) is 8.72. The van der Waals surface area contributed by atoms with Crippen LogP contribution in [0.3, 0.4) is 0 Å². The Kier molecular flexibility index (Phi) is 11.9. The van der Waals surface area contributed by atoms with E-state index in [1.54, 1.807) is 7.11 Å². The fourth-order valence-corrected chi connectivity index (χ4v) is 5.29. The molecule has 0 aromatic heterocycles. The second kappa shape index (κ2) is 15.6. The highest BCUT2D eigenvalue weighted by atomic mass is 28.3. The average molecular weight is 581 g/mol. The van der Waals surface area contributed by atoms with E-state index in [-0.39, 0.29) is 13.2 Å². The first kappa shape index (κ1) is 31.4. The van der Waals surface area contributed by atoms with Crippen molar-refractivity contribution in [2.24, 2.45) is 0 Å². The lowest BCUT2D eigenvalue weighted by Gasteiger charge is -2.44. The smallest absolute Gasteiger partial charge is 0.186 e. The first-order valence-electron chi connectivity index (χ1n) is 14.3. The van der Waals surface area contributed by atoms with Gasteiger partial charge in [0.15, 0.2) is 6.29 Å². The standard InChI is InChI=1S/C33H44O7Si/c1-35-28-17-15-27(16-18-28)23-38-31-30(34)29(24-36-21-25-11-7-5-8-12-25)40-33(37-19-20-41(2,3)4)32(31)39-22-26-13-9-6-10-14-26/h5-18,29-34H,19-24H2,1-4H3/t29-,30+,31+,32-,33-/m1/s1. The first-order chi connectivity index (χ1) is 19.8. The Hall–Kier alpha value is -2.56. The monoisotopic (exact) mass is 580 g/mol. The minimum atomic E-state index is -1.35. The highest BCUT2D eigenvalue weighted by Gasteiger charge is 2.47. The summed E-state index contributed by atoms with van der Waals surface area (Å²) in [6.07, 6.45) is -3.69. The molecule has 1 heterocycles. The molecule has 0 bridgehead atoms. The molecule has 0 unspecified atom stereocenters. The van der Waals surface area contributed by atoms with E-state index in [0.29, 0.717) is 19.8 Å². The predicted octanol–water partition coefficient (Wildman–Crippen LogP) is 5.82. The minimum Gasteiger partial charge on any atom is -0.497 e. The molecular weight excluding hydrogens is 536 g/mol. The van der Waals surface area contributed by atoms with Gasteiger partial charge >= 0.3 is 0 Å².